The summed E-state index contributed by atoms with van der Waals surface area (Å²) in [5.41, 5.74) is 6.24. The second kappa shape index (κ2) is 5.21. The van der Waals surface area contributed by atoms with E-state index in [-0.39, 0.29) is 24.0 Å². The molecular weight excluding hydrogens is 412 g/mol. The van der Waals surface area contributed by atoms with E-state index in [4.69, 9.17) is 9.47 Å². The first-order valence-corrected chi connectivity index (χ1v) is 10.2. The first-order chi connectivity index (χ1) is 12.7. The molecule has 128 valence electrons. The van der Waals surface area contributed by atoms with E-state index in [9.17, 15) is 4.79 Å². The molecule has 3 aromatic rings. The van der Waals surface area contributed by atoms with Gasteiger partial charge in [-0.15, -0.1) is 11.3 Å². The average molecular weight is 425 g/mol. The number of halogens is 1. The molecule has 7 rings (SSSR count). The summed E-state index contributed by atoms with van der Waals surface area (Å²) >= 11 is 5.27. The van der Waals surface area contributed by atoms with Crippen molar-refractivity contribution in [2.24, 2.45) is 0 Å². The van der Waals surface area contributed by atoms with Crippen LogP contribution in [0.2, 0.25) is 0 Å². The number of carbonyl (C=O) groups excluding carboxylic acids is 1. The lowest BCUT2D eigenvalue weighted by atomic mass is 9.61. The molecule has 0 N–H and O–H groups in total. The minimum Gasteiger partial charge on any atom is -0.426 e. The predicted octanol–water partition coefficient (Wildman–Crippen LogP) is 5.67. The van der Waals surface area contributed by atoms with Crippen molar-refractivity contribution in [1.29, 1.82) is 0 Å². The van der Waals surface area contributed by atoms with Gasteiger partial charge >= 0.3 is 6.16 Å². The molecule has 4 atom stereocenters. The van der Waals surface area contributed by atoms with Crippen molar-refractivity contribution in [1.82, 2.24) is 0 Å². The van der Waals surface area contributed by atoms with Gasteiger partial charge in [0.1, 0.15) is 0 Å². The summed E-state index contributed by atoms with van der Waals surface area (Å²) in [6.45, 7) is 0. The van der Waals surface area contributed by atoms with E-state index in [0.29, 0.717) is 0 Å². The number of rotatable bonds is 1. The Bertz CT molecular complexity index is 1070. The number of thiophene rings is 1. The third kappa shape index (κ3) is 1.90. The van der Waals surface area contributed by atoms with E-state index in [1.807, 2.05) is 0 Å². The van der Waals surface area contributed by atoms with Crippen molar-refractivity contribution < 1.29 is 14.3 Å². The molecule has 0 saturated carbocycles. The van der Waals surface area contributed by atoms with Crippen LogP contribution in [0.5, 0.6) is 0 Å². The standard InChI is InChI=1S/C21H13BrO3S/c22-16-8-7-15(26-16)10-5-6-13-14(9-10)18-12-4-2-1-3-11(12)17(13)19-20(18)25-21(23)24-19/h1-9,17-20H. The molecule has 0 radical (unpaired) electrons. The molecule has 4 unspecified atom stereocenters. The molecule has 26 heavy (non-hydrogen) atoms. The maximum atomic E-state index is 11.9. The van der Waals surface area contributed by atoms with Crippen LogP contribution in [-0.4, -0.2) is 18.4 Å². The molecular formula is C21H13BrO3S. The number of carbonyl (C=O) groups is 1. The monoisotopic (exact) mass is 424 g/mol. The summed E-state index contributed by atoms with van der Waals surface area (Å²) in [7, 11) is 0. The summed E-state index contributed by atoms with van der Waals surface area (Å²) in [5, 5.41) is 0. The summed E-state index contributed by atoms with van der Waals surface area (Å²) in [5.74, 6) is 0.0813. The molecule has 2 bridgehead atoms. The Kier molecular flexibility index (Phi) is 3.00. The molecule has 1 fully saturated rings. The summed E-state index contributed by atoms with van der Waals surface area (Å²) in [6, 6.07) is 19.3. The fraction of sp³-hybridized carbons (Fsp3) is 0.190. The second-order valence-electron chi connectivity index (χ2n) is 6.95. The number of benzene rings is 2. The van der Waals surface area contributed by atoms with E-state index >= 15 is 0 Å². The van der Waals surface area contributed by atoms with E-state index in [0.717, 1.165) is 3.79 Å². The van der Waals surface area contributed by atoms with Crippen LogP contribution >= 0.6 is 27.3 Å². The molecule has 0 amide bonds. The zero-order valence-corrected chi connectivity index (χ0v) is 15.9. The molecule has 3 aliphatic carbocycles. The summed E-state index contributed by atoms with van der Waals surface area (Å²) < 4.78 is 12.3. The molecule has 4 aliphatic rings. The minimum absolute atomic E-state index is 0.0333. The smallest absolute Gasteiger partial charge is 0.426 e. The average Bonchev–Trinajstić information content (AvgIpc) is 3.26. The predicted molar refractivity (Wildman–Crippen MR) is 103 cm³/mol. The van der Waals surface area contributed by atoms with Crippen molar-refractivity contribution in [3.8, 4) is 10.4 Å². The molecule has 1 aliphatic heterocycles. The van der Waals surface area contributed by atoms with Gasteiger partial charge in [-0.3, -0.25) is 0 Å². The Morgan fingerprint density at radius 2 is 1.46 bits per heavy atom. The topological polar surface area (TPSA) is 35.5 Å². The SMILES string of the molecule is O=C1OC2C3c4ccccc4C(c4cc(-c5ccc(Br)s5)ccc43)C2O1. The van der Waals surface area contributed by atoms with Gasteiger partial charge in [-0.1, -0.05) is 36.4 Å². The van der Waals surface area contributed by atoms with Crippen LogP contribution in [0.25, 0.3) is 10.4 Å². The highest BCUT2D eigenvalue weighted by Crippen LogP contribution is 2.57. The Morgan fingerprint density at radius 1 is 0.808 bits per heavy atom. The van der Waals surface area contributed by atoms with Crippen LogP contribution in [-0.2, 0) is 9.47 Å². The lowest BCUT2D eigenvalue weighted by molar-refractivity contribution is 0.103. The molecule has 2 aromatic carbocycles. The van der Waals surface area contributed by atoms with Gasteiger partial charge < -0.3 is 9.47 Å². The quantitative estimate of drug-likeness (QED) is 0.471. The van der Waals surface area contributed by atoms with E-state index in [2.05, 4.69) is 70.5 Å². The third-order valence-electron chi connectivity index (χ3n) is 5.73. The number of ether oxygens (including phenoxy) is 2. The maximum Gasteiger partial charge on any atom is 0.509 e. The van der Waals surface area contributed by atoms with Crippen molar-refractivity contribution in [2.45, 2.75) is 24.0 Å². The van der Waals surface area contributed by atoms with Crippen molar-refractivity contribution >= 4 is 33.4 Å². The van der Waals surface area contributed by atoms with Gasteiger partial charge in [0.05, 0.1) is 15.6 Å². The third-order valence-corrected chi connectivity index (χ3v) is 7.40. The normalized spacial score (nSPS) is 27.3. The van der Waals surface area contributed by atoms with Crippen LogP contribution in [0.4, 0.5) is 4.79 Å². The Balaban J connectivity index is 1.58. The molecule has 2 heterocycles. The fourth-order valence-corrected chi connectivity index (χ4v) is 6.15. The molecule has 0 spiro atoms. The molecule has 3 nitrogen and oxygen atoms in total. The van der Waals surface area contributed by atoms with Crippen molar-refractivity contribution in [3.05, 3.63) is 80.6 Å². The van der Waals surface area contributed by atoms with Gasteiger partial charge in [-0.25, -0.2) is 4.79 Å². The van der Waals surface area contributed by atoms with Gasteiger partial charge in [-0.2, -0.15) is 0 Å². The number of hydrogen-bond acceptors (Lipinski definition) is 4. The van der Waals surface area contributed by atoms with E-state index in [1.54, 1.807) is 11.3 Å². The minimum atomic E-state index is -0.543. The summed E-state index contributed by atoms with van der Waals surface area (Å²) in [4.78, 5) is 13.1. The van der Waals surface area contributed by atoms with Gasteiger partial charge in [0, 0.05) is 4.88 Å². The van der Waals surface area contributed by atoms with Crippen molar-refractivity contribution in [2.75, 3.05) is 0 Å². The lowest BCUT2D eigenvalue weighted by Crippen LogP contribution is -2.45. The zero-order valence-electron chi connectivity index (χ0n) is 13.5. The van der Waals surface area contributed by atoms with Crippen LogP contribution < -0.4 is 0 Å². The van der Waals surface area contributed by atoms with Crippen LogP contribution in [0, 0.1) is 0 Å². The van der Waals surface area contributed by atoms with Gasteiger partial charge in [0.25, 0.3) is 0 Å². The van der Waals surface area contributed by atoms with Crippen LogP contribution in [0.1, 0.15) is 34.1 Å². The van der Waals surface area contributed by atoms with Crippen LogP contribution in [0.3, 0.4) is 0 Å². The zero-order chi connectivity index (χ0) is 17.4. The molecule has 1 saturated heterocycles. The highest BCUT2D eigenvalue weighted by Gasteiger charge is 2.57. The fourth-order valence-electron chi connectivity index (χ4n) is 4.77. The van der Waals surface area contributed by atoms with Crippen LogP contribution in [0.15, 0.2) is 58.4 Å². The molecule has 1 aromatic heterocycles. The summed E-state index contributed by atoms with van der Waals surface area (Å²) in [6.07, 6.45) is -1.00. The number of hydrogen-bond donors (Lipinski definition) is 0. The second-order valence-corrected chi connectivity index (χ2v) is 9.41. The van der Waals surface area contributed by atoms with E-state index in [1.165, 1.54) is 32.7 Å². The lowest BCUT2D eigenvalue weighted by Gasteiger charge is -2.45. The van der Waals surface area contributed by atoms with Gasteiger partial charge in [0.2, 0.25) is 0 Å². The first-order valence-electron chi connectivity index (χ1n) is 8.56. The Hall–Kier alpha value is -2.11. The van der Waals surface area contributed by atoms with Crippen molar-refractivity contribution in [3.63, 3.8) is 0 Å². The van der Waals surface area contributed by atoms with Gasteiger partial charge in [0.15, 0.2) is 12.2 Å². The van der Waals surface area contributed by atoms with E-state index < -0.39 is 6.16 Å². The largest absolute Gasteiger partial charge is 0.509 e. The highest BCUT2D eigenvalue weighted by atomic mass is 79.9. The highest BCUT2D eigenvalue weighted by molar-refractivity contribution is 9.11. The maximum absolute atomic E-state index is 11.9. The van der Waals surface area contributed by atoms with Gasteiger partial charge in [-0.05, 0) is 61.9 Å². The molecule has 5 heteroatoms. The Morgan fingerprint density at radius 3 is 2.12 bits per heavy atom. The first kappa shape index (κ1) is 15.0. The Labute approximate surface area is 162 Å².